The van der Waals surface area contributed by atoms with Gasteiger partial charge in [-0.3, -0.25) is 4.79 Å². The number of esters is 1. The molecule has 2 heterocycles. The van der Waals surface area contributed by atoms with Gasteiger partial charge in [0.15, 0.2) is 6.61 Å². The van der Waals surface area contributed by atoms with Gasteiger partial charge in [0.2, 0.25) is 5.75 Å². The predicted molar refractivity (Wildman–Crippen MR) is 115 cm³/mol. The summed E-state index contributed by atoms with van der Waals surface area (Å²) in [5.74, 6) is -1.75. The average molecular weight is 441 g/mol. The van der Waals surface area contributed by atoms with Crippen molar-refractivity contribution in [1.82, 2.24) is 4.98 Å². The summed E-state index contributed by atoms with van der Waals surface area (Å²) in [4.78, 5) is 38.9. The van der Waals surface area contributed by atoms with Crippen LogP contribution in [0.4, 0.5) is 10.8 Å². The minimum atomic E-state index is -0.695. The number of amides is 1. The van der Waals surface area contributed by atoms with Crippen LogP contribution in [0.1, 0.15) is 22.8 Å². The number of hydrogen-bond donors (Lipinski definition) is 1. The van der Waals surface area contributed by atoms with E-state index < -0.39 is 29.2 Å². The van der Waals surface area contributed by atoms with Gasteiger partial charge in [-0.1, -0.05) is 29.8 Å². The third kappa shape index (κ3) is 5.23. The molecule has 2 aromatic heterocycles. The Labute approximate surface area is 181 Å². The molecule has 3 rings (SSSR count). The summed E-state index contributed by atoms with van der Waals surface area (Å²) < 4.78 is 10.4. The molecule has 0 aliphatic heterocycles. The van der Waals surface area contributed by atoms with E-state index in [0.717, 1.165) is 11.1 Å². The van der Waals surface area contributed by atoms with E-state index in [-0.39, 0.29) is 17.9 Å². The van der Waals surface area contributed by atoms with Crippen LogP contribution in [0, 0.1) is 17.0 Å². The Kier molecular flexibility index (Phi) is 6.93. The number of aryl methyl sites for hydroxylation is 1. The van der Waals surface area contributed by atoms with Crippen LogP contribution in [0.3, 0.4) is 0 Å². The number of ether oxygens (including phenoxy) is 2. The smallest absolute Gasteiger partial charge is 0.406 e. The maximum Gasteiger partial charge on any atom is 0.406 e. The van der Waals surface area contributed by atoms with Crippen LogP contribution < -0.4 is 10.1 Å². The third-order valence-corrected chi connectivity index (χ3v) is 5.06. The zero-order chi connectivity index (χ0) is 22.4. The van der Waals surface area contributed by atoms with E-state index in [1.54, 1.807) is 12.3 Å². The molecule has 0 radical (unpaired) electrons. The Hall–Kier alpha value is -3.79. The summed E-state index contributed by atoms with van der Waals surface area (Å²) in [5.41, 5.74) is 2.78. The van der Waals surface area contributed by atoms with Gasteiger partial charge in [0.25, 0.3) is 5.91 Å². The maximum absolute atomic E-state index is 12.6. The predicted octanol–water partition coefficient (Wildman–Crippen LogP) is 4.22. The number of nitrogens with one attached hydrogen (secondary N) is 1. The molecule has 160 valence electrons. The van der Waals surface area contributed by atoms with Gasteiger partial charge in [-0.25, -0.2) is 4.79 Å². The molecule has 3 aromatic rings. The molecule has 10 heteroatoms. The van der Waals surface area contributed by atoms with Crippen molar-refractivity contribution in [3.05, 3.63) is 69.2 Å². The molecule has 0 aliphatic rings. The largest absolute Gasteiger partial charge is 0.476 e. The summed E-state index contributed by atoms with van der Waals surface area (Å²) >= 11 is 1.18. The van der Waals surface area contributed by atoms with Gasteiger partial charge >= 0.3 is 11.8 Å². The molecule has 1 amide bonds. The molecule has 0 saturated carbocycles. The standard InChI is InChI=1S/C21H19N3O6S/c1-3-29-21(26)18-15(14-8-6-13(2)7-9-14)12-31-20(18)23-17(25)11-30-16-5-4-10-22-19(16)24(27)28/h4-10,12H,3,11H2,1-2H3,(H,23,25). The van der Waals surface area contributed by atoms with Crippen molar-refractivity contribution in [2.45, 2.75) is 13.8 Å². The zero-order valence-corrected chi connectivity index (χ0v) is 17.6. The first-order chi connectivity index (χ1) is 14.9. The second kappa shape index (κ2) is 9.81. The summed E-state index contributed by atoms with van der Waals surface area (Å²) in [5, 5.41) is 15.7. The number of hydrogen-bond acceptors (Lipinski definition) is 8. The molecule has 9 nitrogen and oxygen atoms in total. The highest BCUT2D eigenvalue weighted by molar-refractivity contribution is 7.15. The Morgan fingerprint density at radius 1 is 1.23 bits per heavy atom. The Morgan fingerprint density at radius 3 is 2.65 bits per heavy atom. The van der Waals surface area contributed by atoms with Gasteiger partial charge < -0.3 is 24.9 Å². The first kappa shape index (κ1) is 21.9. The van der Waals surface area contributed by atoms with Crippen LogP contribution in [0.15, 0.2) is 48.0 Å². The number of anilines is 1. The molecule has 1 N–H and O–H groups in total. The van der Waals surface area contributed by atoms with Gasteiger partial charge in [-0.2, -0.15) is 0 Å². The Morgan fingerprint density at radius 2 is 1.97 bits per heavy atom. The Balaban J connectivity index is 1.81. The van der Waals surface area contributed by atoms with Gasteiger partial charge in [0.05, 0.1) is 6.61 Å². The highest BCUT2D eigenvalue weighted by atomic mass is 32.1. The lowest BCUT2D eigenvalue weighted by atomic mass is 10.0. The molecule has 0 bridgehead atoms. The van der Waals surface area contributed by atoms with Gasteiger partial charge in [-0.15, -0.1) is 11.3 Å². The van der Waals surface area contributed by atoms with Crippen molar-refractivity contribution in [3.63, 3.8) is 0 Å². The summed E-state index contributed by atoms with van der Waals surface area (Å²) in [7, 11) is 0. The quantitative estimate of drug-likeness (QED) is 0.316. The van der Waals surface area contributed by atoms with E-state index in [1.165, 1.54) is 29.7 Å². The molecule has 0 saturated heterocycles. The topological polar surface area (TPSA) is 121 Å². The van der Waals surface area contributed by atoms with Crippen molar-refractivity contribution >= 4 is 34.0 Å². The molecule has 0 atom stereocenters. The fourth-order valence-electron chi connectivity index (χ4n) is 2.74. The van der Waals surface area contributed by atoms with Crippen molar-refractivity contribution in [3.8, 4) is 16.9 Å². The summed E-state index contributed by atoms with van der Waals surface area (Å²) in [6.07, 6.45) is 1.26. The average Bonchev–Trinajstić information content (AvgIpc) is 3.16. The summed E-state index contributed by atoms with van der Waals surface area (Å²) in [6.45, 7) is 3.35. The molecule has 0 unspecified atom stereocenters. The van der Waals surface area contributed by atoms with E-state index in [9.17, 15) is 19.7 Å². The fraction of sp³-hybridized carbons (Fsp3) is 0.190. The molecule has 1 aromatic carbocycles. The first-order valence-electron chi connectivity index (χ1n) is 9.28. The maximum atomic E-state index is 12.6. The van der Waals surface area contributed by atoms with Crippen LogP contribution >= 0.6 is 11.3 Å². The van der Waals surface area contributed by atoms with Crippen molar-refractivity contribution in [2.24, 2.45) is 0 Å². The monoisotopic (exact) mass is 441 g/mol. The molecule has 0 spiro atoms. The van der Waals surface area contributed by atoms with Crippen LogP contribution in [-0.4, -0.2) is 35.0 Å². The van der Waals surface area contributed by atoms with Gasteiger partial charge in [-0.05, 0) is 41.5 Å². The molecule has 0 aliphatic carbocycles. The number of benzene rings is 1. The number of rotatable bonds is 8. The van der Waals surface area contributed by atoms with E-state index in [4.69, 9.17) is 9.47 Å². The number of aromatic nitrogens is 1. The SMILES string of the molecule is CCOC(=O)c1c(-c2ccc(C)cc2)csc1NC(=O)COc1cccnc1[N+](=O)[O-]. The lowest BCUT2D eigenvalue weighted by Crippen LogP contribution is -2.21. The number of nitro groups is 1. The minimum Gasteiger partial charge on any atom is -0.476 e. The van der Waals surface area contributed by atoms with Crippen molar-refractivity contribution < 1.29 is 24.0 Å². The molecular weight excluding hydrogens is 422 g/mol. The number of pyridine rings is 1. The lowest BCUT2D eigenvalue weighted by Gasteiger charge is -2.10. The van der Waals surface area contributed by atoms with E-state index >= 15 is 0 Å². The van der Waals surface area contributed by atoms with Gasteiger partial charge in [0.1, 0.15) is 16.8 Å². The number of thiophene rings is 1. The first-order valence-corrected chi connectivity index (χ1v) is 10.2. The second-order valence-corrected chi connectivity index (χ2v) is 7.24. The summed E-state index contributed by atoms with van der Waals surface area (Å²) in [6, 6.07) is 10.4. The van der Waals surface area contributed by atoms with E-state index in [0.29, 0.717) is 10.6 Å². The number of nitrogens with zero attached hydrogens (tertiary/aromatic N) is 2. The molecule has 0 fully saturated rings. The van der Waals surface area contributed by atoms with Gasteiger partial charge in [0, 0.05) is 10.9 Å². The highest BCUT2D eigenvalue weighted by Crippen LogP contribution is 2.36. The number of carbonyl (C=O) groups excluding carboxylic acids is 2. The van der Waals surface area contributed by atoms with Crippen molar-refractivity contribution in [2.75, 3.05) is 18.5 Å². The van der Waals surface area contributed by atoms with Crippen LogP contribution in [-0.2, 0) is 9.53 Å². The Bertz CT molecular complexity index is 1110. The lowest BCUT2D eigenvalue weighted by molar-refractivity contribution is -0.390. The van der Waals surface area contributed by atoms with E-state index in [1.807, 2.05) is 31.2 Å². The minimum absolute atomic E-state index is 0.125. The van der Waals surface area contributed by atoms with E-state index in [2.05, 4.69) is 10.3 Å². The van der Waals surface area contributed by atoms with Crippen molar-refractivity contribution in [1.29, 1.82) is 0 Å². The second-order valence-electron chi connectivity index (χ2n) is 6.36. The van der Waals surface area contributed by atoms with Crippen LogP contribution in [0.5, 0.6) is 5.75 Å². The molecular formula is C21H19N3O6S. The highest BCUT2D eigenvalue weighted by Gasteiger charge is 2.23. The van der Waals surface area contributed by atoms with Crippen LogP contribution in [0.25, 0.3) is 11.1 Å². The number of carbonyl (C=O) groups is 2. The normalized spacial score (nSPS) is 10.4. The fourth-order valence-corrected chi connectivity index (χ4v) is 3.71. The molecule has 31 heavy (non-hydrogen) atoms. The third-order valence-electron chi connectivity index (χ3n) is 4.17. The van der Waals surface area contributed by atoms with Crippen LogP contribution in [0.2, 0.25) is 0 Å². The zero-order valence-electron chi connectivity index (χ0n) is 16.8.